The highest BCUT2D eigenvalue weighted by Crippen LogP contribution is 2.26. The zero-order valence-corrected chi connectivity index (χ0v) is 16.4. The van der Waals surface area contributed by atoms with Crippen LogP contribution in [0.25, 0.3) is 0 Å². The van der Waals surface area contributed by atoms with Crippen LogP contribution >= 0.6 is 0 Å². The maximum atomic E-state index is 12.5. The number of benzene rings is 2. The predicted octanol–water partition coefficient (Wildman–Crippen LogP) is 4.18. The molecule has 3 aromatic rings. The molecule has 1 aromatic heterocycles. The number of rotatable bonds is 6. The van der Waals surface area contributed by atoms with Gasteiger partial charge in [0, 0.05) is 11.9 Å². The van der Waals surface area contributed by atoms with Gasteiger partial charge < -0.3 is 20.1 Å². The summed E-state index contributed by atoms with van der Waals surface area (Å²) in [5, 5.41) is 5.93. The Kier molecular flexibility index (Phi) is 6.09. The van der Waals surface area contributed by atoms with E-state index < -0.39 is 5.97 Å². The molecule has 0 fully saturated rings. The number of esters is 1. The highest BCUT2D eigenvalue weighted by molar-refractivity contribution is 6.05. The maximum absolute atomic E-state index is 12.5. The maximum Gasteiger partial charge on any atom is 0.337 e. The standard InChI is InChI=1S/C22H21N3O4/c1-14-7-9-19(28-2)18(11-14)25-21(26)16-8-10-20(23-13-16)24-17-6-4-5-15(12-17)22(27)29-3/h4-13H,1-3H3,(H,23,24)(H,25,26). The van der Waals surface area contributed by atoms with Gasteiger partial charge in [-0.3, -0.25) is 4.79 Å². The summed E-state index contributed by atoms with van der Waals surface area (Å²) in [6.07, 6.45) is 1.48. The molecule has 148 valence electrons. The number of carbonyl (C=O) groups is 2. The largest absolute Gasteiger partial charge is 0.495 e. The number of nitrogens with zero attached hydrogens (tertiary/aromatic N) is 1. The second-order valence-corrected chi connectivity index (χ2v) is 6.29. The van der Waals surface area contributed by atoms with Crippen LogP contribution in [-0.2, 0) is 4.74 Å². The molecule has 29 heavy (non-hydrogen) atoms. The van der Waals surface area contributed by atoms with Crippen LogP contribution in [0.5, 0.6) is 5.75 Å². The van der Waals surface area contributed by atoms with Crippen molar-refractivity contribution >= 4 is 29.1 Å². The number of hydrogen-bond acceptors (Lipinski definition) is 6. The first-order chi connectivity index (χ1) is 14.0. The fraction of sp³-hybridized carbons (Fsp3) is 0.136. The van der Waals surface area contributed by atoms with Crippen molar-refractivity contribution in [3.8, 4) is 5.75 Å². The van der Waals surface area contributed by atoms with Crippen LogP contribution in [0.1, 0.15) is 26.3 Å². The lowest BCUT2D eigenvalue weighted by atomic mass is 10.2. The summed E-state index contributed by atoms with van der Waals surface area (Å²) in [6.45, 7) is 1.94. The molecule has 0 aliphatic rings. The first kappa shape index (κ1) is 19.9. The Morgan fingerprint density at radius 2 is 1.79 bits per heavy atom. The third-order valence-electron chi connectivity index (χ3n) is 4.18. The SMILES string of the molecule is COC(=O)c1cccc(Nc2ccc(C(=O)Nc3cc(C)ccc3OC)cn2)c1. The molecule has 2 aromatic carbocycles. The fourth-order valence-electron chi connectivity index (χ4n) is 2.71. The number of aromatic nitrogens is 1. The Bertz CT molecular complexity index is 1030. The smallest absolute Gasteiger partial charge is 0.337 e. The lowest BCUT2D eigenvalue weighted by molar-refractivity contribution is 0.0600. The number of hydrogen-bond donors (Lipinski definition) is 2. The Hall–Kier alpha value is -3.87. The molecule has 1 heterocycles. The van der Waals surface area contributed by atoms with Gasteiger partial charge in [-0.1, -0.05) is 12.1 Å². The molecule has 0 atom stereocenters. The van der Waals surface area contributed by atoms with Gasteiger partial charge in [-0.05, 0) is 55.0 Å². The number of pyridine rings is 1. The Morgan fingerprint density at radius 3 is 2.48 bits per heavy atom. The van der Waals surface area contributed by atoms with Gasteiger partial charge in [-0.2, -0.15) is 0 Å². The molecule has 0 aliphatic carbocycles. The first-order valence-electron chi connectivity index (χ1n) is 8.87. The van der Waals surface area contributed by atoms with Gasteiger partial charge in [-0.25, -0.2) is 9.78 Å². The number of carbonyl (C=O) groups excluding carboxylic acids is 2. The summed E-state index contributed by atoms with van der Waals surface area (Å²) in [6, 6.07) is 15.8. The third-order valence-corrected chi connectivity index (χ3v) is 4.18. The lowest BCUT2D eigenvalue weighted by Crippen LogP contribution is -2.13. The summed E-state index contributed by atoms with van der Waals surface area (Å²) < 4.78 is 10.0. The summed E-state index contributed by atoms with van der Waals surface area (Å²) in [7, 11) is 2.89. The number of nitrogens with one attached hydrogen (secondary N) is 2. The van der Waals surface area contributed by atoms with Crippen LogP contribution in [0.15, 0.2) is 60.8 Å². The van der Waals surface area contributed by atoms with Crippen molar-refractivity contribution in [3.63, 3.8) is 0 Å². The molecule has 0 saturated heterocycles. The van der Waals surface area contributed by atoms with Crippen molar-refractivity contribution in [2.75, 3.05) is 24.9 Å². The zero-order valence-electron chi connectivity index (χ0n) is 16.4. The zero-order chi connectivity index (χ0) is 20.8. The highest BCUT2D eigenvalue weighted by atomic mass is 16.5. The minimum atomic E-state index is -0.416. The third kappa shape index (κ3) is 4.90. The normalized spacial score (nSPS) is 10.2. The van der Waals surface area contributed by atoms with Crippen LogP contribution in [-0.4, -0.2) is 31.1 Å². The average molecular weight is 391 g/mol. The molecule has 0 radical (unpaired) electrons. The van der Waals surface area contributed by atoms with Crippen LogP contribution in [0.4, 0.5) is 17.2 Å². The van der Waals surface area contributed by atoms with Gasteiger partial charge in [0.05, 0.1) is 31.0 Å². The van der Waals surface area contributed by atoms with E-state index in [-0.39, 0.29) is 5.91 Å². The topological polar surface area (TPSA) is 89.5 Å². The van der Waals surface area contributed by atoms with E-state index in [0.29, 0.717) is 34.1 Å². The Labute approximate surface area is 168 Å². The van der Waals surface area contributed by atoms with E-state index in [2.05, 4.69) is 15.6 Å². The van der Waals surface area contributed by atoms with E-state index in [1.54, 1.807) is 49.6 Å². The van der Waals surface area contributed by atoms with E-state index in [1.807, 2.05) is 19.1 Å². The van der Waals surface area contributed by atoms with Crippen molar-refractivity contribution in [2.45, 2.75) is 6.92 Å². The molecule has 7 nitrogen and oxygen atoms in total. The number of ether oxygens (including phenoxy) is 2. The Morgan fingerprint density at radius 1 is 0.966 bits per heavy atom. The van der Waals surface area contributed by atoms with Crippen molar-refractivity contribution in [3.05, 3.63) is 77.5 Å². The average Bonchev–Trinajstić information content (AvgIpc) is 2.74. The van der Waals surface area contributed by atoms with E-state index in [1.165, 1.54) is 13.3 Å². The second kappa shape index (κ2) is 8.88. The molecule has 3 rings (SSSR count). The molecule has 0 bridgehead atoms. The molecule has 0 spiro atoms. The van der Waals surface area contributed by atoms with Gasteiger partial charge >= 0.3 is 5.97 Å². The number of aryl methyl sites for hydroxylation is 1. The lowest BCUT2D eigenvalue weighted by Gasteiger charge is -2.11. The first-order valence-corrected chi connectivity index (χ1v) is 8.87. The van der Waals surface area contributed by atoms with E-state index >= 15 is 0 Å². The molecule has 0 saturated carbocycles. The second-order valence-electron chi connectivity index (χ2n) is 6.29. The molecule has 0 unspecified atom stereocenters. The number of methoxy groups -OCH3 is 2. The quantitative estimate of drug-likeness (QED) is 0.613. The number of anilines is 3. The molecule has 0 aliphatic heterocycles. The van der Waals surface area contributed by atoms with Crippen molar-refractivity contribution in [1.29, 1.82) is 0 Å². The molecule has 2 N–H and O–H groups in total. The van der Waals surface area contributed by atoms with E-state index in [0.717, 1.165) is 5.56 Å². The van der Waals surface area contributed by atoms with E-state index in [4.69, 9.17) is 9.47 Å². The van der Waals surface area contributed by atoms with Crippen LogP contribution in [0.2, 0.25) is 0 Å². The van der Waals surface area contributed by atoms with Crippen molar-refractivity contribution in [1.82, 2.24) is 4.98 Å². The van der Waals surface area contributed by atoms with Gasteiger partial charge in [-0.15, -0.1) is 0 Å². The minimum Gasteiger partial charge on any atom is -0.495 e. The van der Waals surface area contributed by atoms with E-state index in [9.17, 15) is 9.59 Å². The van der Waals surface area contributed by atoms with Gasteiger partial charge in [0.15, 0.2) is 0 Å². The summed E-state index contributed by atoms with van der Waals surface area (Å²) in [5.74, 6) is 0.415. The van der Waals surface area contributed by atoms with Crippen LogP contribution < -0.4 is 15.4 Å². The van der Waals surface area contributed by atoms with Crippen molar-refractivity contribution in [2.24, 2.45) is 0 Å². The van der Waals surface area contributed by atoms with Gasteiger partial charge in [0.25, 0.3) is 5.91 Å². The highest BCUT2D eigenvalue weighted by Gasteiger charge is 2.11. The minimum absolute atomic E-state index is 0.291. The van der Waals surface area contributed by atoms with Crippen molar-refractivity contribution < 1.29 is 19.1 Å². The molecular weight excluding hydrogens is 370 g/mol. The summed E-state index contributed by atoms with van der Waals surface area (Å²) in [5.41, 5.74) is 3.12. The van der Waals surface area contributed by atoms with Crippen LogP contribution in [0.3, 0.4) is 0 Å². The number of amides is 1. The summed E-state index contributed by atoms with van der Waals surface area (Å²) >= 11 is 0. The monoisotopic (exact) mass is 391 g/mol. The summed E-state index contributed by atoms with van der Waals surface area (Å²) in [4.78, 5) is 28.4. The molecule has 1 amide bonds. The van der Waals surface area contributed by atoms with Crippen LogP contribution in [0, 0.1) is 6.92 Å². The Balaban J connectivity index is 1.71. The van der Waals surface area contributed by atoms with Gasteiger partial charge in [0.2, 0.25) is 0 Å². The fourth-order valence-corrected chi connectivity index (χ4v) is 2.71. The molecule has 7 heteroatoms. The predicted molar refractivity (Wildman–Crippen MR) is 111 cm³/mol. The molecular formula is C22H21N3O4. The van der Waals surface area contributed by atoms with Gasteiger partial charge in [0.1, 0.15) is 11.6 Å².